The third-order valence-electron chi connectivity index (χ3n) is 4.18. The third-order valence-corrected chi connectivity index (χ3v) is 4.18. The number of nitrogens with zero attached hydrogens (tertiary/aromatic N) is 3. The molecule has 0 rings (SSSR count). The Kier molecular flexibility index (Phi) is 21.6. The van der Waals surface area contributed by atoms with Gasteiger partial charge in [0, 0.05) is 19.7 Å². The van der Waals surface area contributed by atoms with Gasteiger partial charge in [0.2, 0.25) is 0 Å². The van der Waals surface area contributed by atoms with E-state index < -0.39 is 0 Å². The fourth-order valence-electron chi connectivity index (χ4n) is 2.61. The van der Waals surface area contributed by atoms with Crippen LogP contribution in [0.3, 0.4) is 0 Å². The zero-order valence-electron chi connectivity index (χ0n) is 18.3. The van der Waals surface area contributed by atoms with Crippen molar-refractivity contribution in [2.75, 3.05) is 52.7 Å². The van der Waals surface area contributed by atoms with E-state index in [0.717, 1.165) is 51.4 Å². The van der Waals surface area contributed by atoms with Gasteiger partial charge in [0.25, 0.3) is 12.5 Å². The molecule has 0 bridgehead atoms. The van der Waals surface area contributed by atoms with Crippen LogP contribution in [0.1, 0.15) is 64.7 Å². The van der Waals surface area contributed by atoms with Crippen molar-refractivity contribution in [1.29, 1.82) is 10.5 Å². The van der Waals surface area contributed by atoms with Crippen molar-refractivity contribution in [3.63, 3.8) is 0 Å². The molecular weight excluding hydrogens is 390 g/mol. The number of carbonyl (C=O) groups excluding carboxylic acids is 1. The molecule has 0 amide bonds. The summed E-state index contributed by atoms with van der Waals surface area (Å²) in [5.74, 6) is -0.232. The van der Waals surface area contributed by atoms with Gasteiger partial charge < -0.3 is 18.9 Å². The monoisotopic (exact) mass is 427 g/mol. The van der Waals surface area contributed by atoms with E-state index in [1.807, 2.05) is 0 Å². The van der Waals surface area contributed by atoms with Crippen molar-refractivity contribution in [1.82, 2.24) is 5.06 Å². The maximum Gasteiger partial charge on any atom is 0.307 e. The predicted octanol–water partition coefficient (Wildman–Crippen LogP) is 3.31. The molecule has 0 aliphatic rings. The first-order valence-corrected chi connectivity index (χ1v) is 10.9. The second-order valence-electron chi connectivity index (χ2n) is 6.64. The zero-order valence-corrected chi connectivity index (χ0v) is 18.3. The molecule has 0 spiro atoms. The molecule has 0 radical (unpaired) electrons. The summed E-state index contributed by atoms with van der Waals surface area (Å²) in [7, 11) is 0. The Labute approximate surface area is 180 Å². The zero-order chi connectivity index (χ0) is 22.1. The molecule has 0 saturated heterocycles. The van der Waals surface area contributed by atoms with Gasteiger partial charge in [-0.2, -0.15) is 15.6 Å². The van der Waals surface area contributed by atoms with Crippen LogP contribution in [0.25, 0.3) is 0 Å². The fourth-order valence-corrected chi connectivity index (χ4v) is 2.61. The van der Waals surface area contributed by atoms with Crippen LogP contribution < -0.4 is 0 Å². The van der Waals surface area contributed by atoms with Crippen molar-refractivity contribution in [2.24, 2.45) is 0 Å². The quantitative estimate of drug-likeness (QED) is 0.111. The number of esters is 1. The van der Waals surface area contributed by atoms with E-state index in [-0.39, 0.29) is 12.4 Å². The van der Waals surface area contributed by atoms with Crippen molar-refractivity contribution >= 4 is 5.97 Å². The van der Waals surface area contributed by atoms with E-state index in [1.54, 1.807) is 24.5 Å². The smallest absolute Gasteiger partial charge is 0.307 e. The van der Waals surface area contributed by atoms with Crippen LogP contribution in [0.15, 0.2) is 0 Å². The first kappa shape index (κ1) is 27.9. The largest absolute Gasteiger partial charge is 0.466 e. The van der Waals surface area contributed by atoms with Gasteiger partial charge in [-0.25, -0.2) is 0 Å². The first-order valence-electron chi connectivity index (χ1n) is 10.9. The van der Waals surface area contributed by atoms with E-state index in [1.165, 1.54) is 0 Å². The summed E-state index contributed by atoms with van der Waals surface area (Å²) in [6.07, 6.45) is 11.3. The molecule has 0 aromatic rings. The van der Waals surface area contributed by atoms with E-state index in [0.29, 0.717) is 52.7 Å². The summed E-state index contributed by atoms with van der Waals surface area (Å²) < 4.78 is 19.9. The van der Waals surface area contributed by atoms with Gasteiger partial charge in [0.15, 0.2) is 0 Å². The highest BCUT2D eigenvalue weighted by Crippen LogP contribution is 2.04. The summed E-state index contributed by atoms with van der Waals surface area (Å²) in [6, 6.07) is 0. The first-order chi connectivity index (χ1) is 14.7. The number of rotatable bonds is 22. The number of hydroxylamine groups is 2. The van der Waals surface area contributed by atoms with Crippen molar-refractivity contribution in [2.45, 2.75) is 64.7 Å². The van der Waals surface area contributed by atoms with Crippen LogP contribution in [0.4, 0.5) is 0 Å². The number of ether oxygens (including phenoxy) is 4. The van der Waals surface area contributed by atoms with Gasteiger partial charge in [0.1, 0.15) is 13.2 Å². The molecule has 0 atom stereocenters. The Morgan fingerprint density at radius 2 is 1.33 bits per heavy atom. The second kappa shape index (κ2) is 23.2. The van der Waals surface area contributed by atoms with Gasteiger partial charge in [0.05, 0.1) is 26.2 Å². The maximum absolute atomic E-state index is 11.6. The van der Waals surface area contributed by atoms with E-state index >= 15 is 0 Å². The minimum Gasteiger partial charge on any atom is -0.466 e. The molecule has 30 heavy (non-hydrogen) atoms. The lowest BCUT2D eigenvalue weighted by atomic mass is 10.2. The van der Waals surface area contributed by atoms with Crippen molar-refractivity contribution in [3.05, 3.63) is 0 Å². The summed E-state index contributed by atoms with van der Waals surface area (Å²) in [6.45, 7) is 5.96. The molecule has 0 fully saturated rings. The van der Waals surface area contributed by atoms with Gasteiger partial charge in [-0.15, -0.1) is 0 Å². The van der Waals surface area contributed by atoms with Gasteiger partial charge in [-0.3, -0.25) is 9.63 Å². The van der Waals surface area contributed by atoms with E-state index in [4.69, 9.17) is 24.8 Å². The Morgan fingerprint density at radius 3 is 1.90 bits per heavy atom. The maximum atomic E-state index is 11.6. The normalized spacial score (nSPS) is 10.4. The minimum atomic E-state index is -0.232. The molecule has 0 aromatic carbocycles. The van der Waals surface area contributed by atoms with Gasteiger partial charge >= 0.3 is 5.97 Å². The van der Waals surface area contributed by atoms with Crippen LogP contribution in [0, 0.1) is 23.0 Å². The van der Waals surface area contributed by atoms with Crippen molar-refractivity contribution < 1.29 is 28.6 Å². The Morgan fingerprint density at radius 1 is 0.767 bits per heavy atom. The molecule has 9 heteroatoms. The fraction of sp³-hybridized carbons (Fsp3) is 0.857. The number of nitriles is 2. The molecule has 0 saturated carbocycles. The lowest BCUT2D eigenvalue weighted by Crippen LogP contribution is -2.31. The summed E-state index contributed by atoms with van der Waals surface area (Å²) >= 11 is 0. The molecule has 0 aliphatic carbocycles. The molecule has 0 aliphatic heterocycles. The van der Waals surface area contributed by atoms with Crippen molar-refractivity contribution in [3.8, 4) is 12.5 Å². The predicted molar refractivity (Wildman–Crippen MR) is 110 cm³/mol. The number of carbonyl (C=O) groups is 1. The van der Waals surface area contributed by atoms with E-state index in [9.17, 15) is 4.79 Å². The summed E-state index contributed by atoms with van der Waals surface area (Å²) in [4.78, 5) is 17.4. The molecule has 0 unspecified atom stereocenters. The lowest BCUT2D eigenvalue weighted by molar-refractivity contribution is -0.174. The van der Waals surface area contributed by atoms with Crippen LogP contribution in [-0.2, 0) is 28.6 Å². The standard InChI is InChI=1S/C21H37N3O6/c1-2-29-21(25)11-12-24(30-17-10-6-5-9-16-28-20-23)13-18-26-14-7-3-4-8-15-27-19-22/h2-18H2,1H3. The van der Waals surface area contributed by atoms with Crippen LogP contribution in [0.5, 0.6) is 0 Å². The van der Waals surface area contributed by atoms with Crippen LogP contribution in [-0.4, -0.2) is 63.8 Å². The molecule has 0 N–H and O–H groups in total. The highest BCUT2D eigenvalue weighted by Gasteiger charge is 2.10. The van der Waals surface area contributed by atoms with Gasteiger partial charge in [-0.1, -0.05) is 12.8 Å². The Balaban J connectivity index is 3.86. The SMILES string of the molecule is CCOC(=O)CCN(CCOCCCCCCOC#N)OCCCCCCOC#N. The minimum absolute atomic E-state index is 0.232. The van der Waals surface area contributed by atoms with Crippen LogP contribution >= 0.6 is 0 Å². The number of hydrogen-bond acceptors (Lipinski definition) is 9. The topological polar surface area (TPSA) is 114 Å². The molecule has 0 heterocycles. The molecule has 172 valence electrons. The van der Waals surface area contributed by atoms with Gasteiger partial charge in [-0.05, 0) is 45.4 Å². The number of hydrogen-bond donors (Lipinski definition) is 0. The average Bonchev–Trinajstić information content (AvgIpc) is 2.74. The molecule has 9 nitrogen and oxygen atoms in total. The highest BCUT2D eigenvalue weighted by molar-refractivity contribution is 5.69. The molecular formula is C21H37N3O6. The molecule has 0 aromatic heterocycles. The van der Waals surface area contributed by atoms with E-state index in [2.05, 4.69) is 9.47 Å². The average molecular weight is 428 g/mol. The Bertz CT molecular complexity index is 478. The number of unbranched alkanes of at least 4 members (excludes halogenated alkanes) is 6. The summed E-state index contributed by atoms with van der Waals surface area (Å²) in [5, 5.41) is 18.4. The lowest BCUT2D eigenvalue weighted by Gasteiger charge is -2.21. The second-order valence-corrected chi connectivity index (χ2v) is 6.64. The summed E-state index contributed by atoms with van der Waals surface area (Å²) in [5.41, 5.74) is 0. The highest BCUT2D eigenvalue weighted by atomic mass is 16.7. The Hall–Kier alpha value is -2.07. The third kappa shape index (κ3) is 20.7. The van der Waals surface area contributed by atoms with Crippen LogP contribution in [0.2, 0.25) is 0 Å².